The first-order chi connectivity index (χ1) is 13.1. The van der Waals surface area contributed by atoms with E-state index in [-0.39, 0.29) is 5.56 Å². The topological polar surface area (TPSA) is 101 Å². The minimum Gasteiger partial charge on any atom is -0.493 e. The molecule has 27 heavy (non-hydrogen) atoms. The van der Waals surface area contributed by atoms with E-state index in [1.807, 2.05) is 18.9 Å². The number of ether oxygens (including phenoxy) is 1. The average molecular weight is 365 g/mol. The number of anilines is 1. The summed E-state index contributed by atoms with van der Waals surface area (Å²) in [6.45, 7) is 2.70. The van der Waals surface area contributed by atoms with Gasteiger partial charge in [-0.2, -0.15) is 0 Å². The zero-order valence-electron chi connectivity index (χ0n) is 15.0. The van der Waals surface area contributed by atoms with Crippen molar-refractivity contribution in [3.05, 3.63) is 60.3 Å². The van der Waals surface area contributed by atoms with Gasteiger partial charge in [-0.3, -0.25) is 9.97 Å². The van der Waals surface area contributed by atoms with Gasteiger partial charge in [0, 0.05) is 31.2 Å². The highest BCUT2D eigenvalue weighted by Gasteiger charge is 2.14. The van der Waals surface area contributed by atoms with Crippen molar-refractivity contribution >= 4 is 11.9 Å². The summed E-state index contributed by atoms with van der Waals surface area (Å²) in [5.74, 6) is -0.207. The maximum Gasteiger partial charge on any atom is 0.339 e. The van der Waals surface area contributed by atoms with Gasteiger partial charge in [0.1, 0.15) is 11.3 Å². The number of benzene rings is 1. The van der Waals surface area contributed by atoms with E-state index in [1.54, 1.807) is 49.1 Å². The largest absolute Gasteiger partial charge is 0.493 e. The summed E-state index contributed by atoms with van der Waals surface area (Å²) >= 11 is 0. The minimum absolute atomic E-state index is 0.0995. The molecule has 3 aromatic rings. The Morgan fingerprint density at radius 2 is 2.04 bits per heavy atom. The molecule has 1 aromatic carbocycles. The number of hydrogen-bond donors (Lipinski definition) is 1. The molecule has 0 spiro atoms. The van der Waals surface area contributed by atoms with Crippen molar-refractivity contribution in [3.63, 3.8) is 0 Å². The van der Waals surface area contributed by atoms with Crippen LogP contribution in [-0.4, -0.2) is 44.7 Å². The van der Waals surface area contributed by atoms with E-state index in [2.05, 4.69) is 19.9 Å². The first kappa shape index (κ1) is 18.2. The van der Waals surface area contributed by atoms with Crippen molar-refractivity contribution in [2.75, 3.05) is 18.6 Å². The van der Waals surface area contributed by atoms with Crippen LogP contribution < -0.4 is 9.64 Å². The molecule has 0 aliphatic heterocycles. The van der Waals surface area contributed by atoms with Crippen LogP contribution in [0.5, 0.6) is 5.75 Å². The first-order valence-electron chi connectivity index (χ1n) is 8.38. The van der Waals surface area contributed by atoms with Crippen LogP contribution >= 0.6 is 0 Å². The molecule has 0 amide bonds. The van der Waals surface area contributed by atoms with Crippen LogP contribution in [0.15, 0.2) is 49.1 Å². The smallest absolute Gasteiger partial charge is 0.339 e. The molecule has 3 rings (SSSR count). The number of carboxylic acids is 1. The third kappa shape index (κ3) is 4.35. The second kappa shape index (κ2) is 8.22. The van der Waals surface area contributed by atoms with Crippen LogP contribution in [-0.2, 0) is 6.54 Å². The van der Waals surface area contributed by atoms with Gasteiger partial charge in [-0.15, -0.1) is 0 Å². The Balaban J connectivity index is 1.89. The first-order valence-corrected chi connectivity index (χ1v) is 8.38. The number of carbonyl (C=O) groups is 1. The second-order valence-electron chi connectivity index (χ2n) is 5.74. The number of carboxylic acid groups (broad SMARTS) is 1. The Bertz CT molecular complexity index is 934. The fourth-order valence-corrected chi connectivity index (χ4v) is 2.56. The standard InChI is InChI=1S/C19H19N5O3/c1-3-27-17-5-4-13(10-15(17)18(25)26)16-6-7-22-19(23-16)24(2)12-14-11-20-8-9-21-14/h4-11H,3,12H2,1-2H3,(H,25,26). The second-order valence-corrected chi connectivity index (χ2v) is 5.74. The van der Waals surface area contributed by atoms with Gasteiger partial charge < -0.3 is 14.7 Å². The van der Waals surface area contributed by atoms with Crippen molar-refractivity contribution in [1.82, 2.24) is 19.9 Å². The molecule has 2 heterocycles. The number of rotatable bonds is 7. The van der Waals surface area contributed by atoms with Crippen molar-refractivity contribution in [3.8, 4) is 17.0 Å². The average Bonchev–Trinajstić information content (AvgIpc) is 2.69. The van der Waals surface area contributed by atoms with Crippen LogP contribution in [0.3, 0.4) is 0 Å². The monoisotopic (exact) mass is 365 g/mol. The summed E-state index contributed by atoms with van der Waals surface area (Å²) in [6.07, 6.45) is 6.58. The Kier molecular flexibility index (Phi) is 5.55. The lowest BCUT2D eigenvalue weighted by Gasteiger charge is -2.17. The highest BCUT2D eigenvalue weighted by Crippen LogP contribution is 2.26. The van der Waals surface area contributed by atoms with Crippen LogP contribution in [0, 0.1) is 0 Å². The van der Waals surface area contributed by atoms with E-state index in [0.29, 0.717) is 36.1 Å². The summed E-state index contributed by atoms with van der Waals surface area (Å²) in [7, 11) is 1.86. The van der Waals surface area contributed by atoms with Gasteiger partial charge in [-0.1, -0.05) is 0 Å². The van der Waals surface area contributed by atoms with E-state index >= 15 is 0 Å². The molecule has 8 nitrogen and oxygen atoms in total. The highest BCUT2D eigenvalue weighted by molar-refractivity contribution is 5.92. The lowest BCUT2D eigenvalue weighted by Crippen LogP contribution is -2.20. The fraction of sp³-hybridized carbons (Fsp3) is 0.211. The molecule has 0 radical (unpaired) electrons. The molecule has 0 bridgehead atoms. The van der Waals surface area contributed by atoms with Crippen LogP contribution in [0.2, 0.25) is 0 Å². The Morgan fingerprint density at radius 3 is 2.74 bits per heavy atom. The maximum absolute atomic E-state index is 11.5. The zero-order chi connectivity index (χ0) is 19.2. The van der Waals surface area contributed by atoms with Gasteiger partial charge in [0.05, 0.1) is 30.7 Å². The molecule has 0 fully saturated rings. The third-order valence-corrected chi connectivity index (χ3v) is 3.81. The van der Waals surface area contributed by atoms with E-state index in [9.17, 15) is 9.90 Å². The zero-order valence-corrected chi connectivity index (χ0v) is 15.0. The highest BCUT2D eigenvalue weighted by atomic mass is 16.5. The van der Waals surface area contributed by atoms with Crippen molar-refractivity contribution in [2.24, 2.45) is 0 Å². The number of nitrogens with zero attached hydrogens (tertiary/aromatic N) is 5. The van der Waals surface area contributed by atoms with Gasteiger partial charge in [-0.05, 0) is 31.2 Å². The van der Waals surface area contributed by atoms with Gasteiger partial charge >= 0.3 is 5.97 Å². The molecule has 138 valence electrons. The van der Waals surface area contributed by atoms with Crippen LogP contribution in [0.1, 0.15) is 23.0 Å². The summed E-state index contributed by atoms with van der Waals surface area (Å²) in [5.41, 5.74) is 2.19. The third-order valence-electron chi connectivity index (χ3n) is 3.81. The van der Waals surface area contributed by atoms with Crippen molar-refractivity contribution < 1.29 is 14.6 Å². The summed E-state index contributed by atoms with van der Waals surface area (Å²) in [5, 5.41) is 9.44. The predicted molar refractivity (Wildman–Crippen MR) is 99.7 cm³/mol. The lowest BCUT2D eigenvalue weighted by atomic mass is 10.1. The molecule has 1 N–H and O–H groups in total. The molecular weight excluding hydrogens is 346 g/mol. The van der Waals surface area contributed by atoms with E-state index in [4.69, 9.17) is 4.74 Å². The van der Waals surface area contributed by atoms with E-state index in [0.717, 1.165) is 5.69 Å². The summed E-state index contributed by atoms with van der Waals surface area (Å²) < 4.78 is 5.38. The normalized spacial score (nSPS) is 10.4. The maximum atomic E-state index is 11.5. The molecular formula is C19H19N5O3. The molecule has 2 aromatic heterocycles. The number of aromatic nitrogens is 4. The molecule has 8 heteroatoms. The van der Waals surface area contributed by atoms with Crippen LogP contribution in [0.4, 0.5) is 5.95 Å². The lowest BCUT2D eigenvalue weighted by molar-refractivity contribution is 0.0692. The SMILES string of the molecule is CCOc1ccc(-c2ccnc(N(C)Cc3cnccn3)n2)cc1C(=O)O. The quantitative estimate of drug-likeness (QED) is 0.682. The Labute approximate surface area is 156 Å². The Hall–Kier alpha value is -3.55. The molecule has 0 aliphatic rings. The summed E-state index contributed by atoms with van der Waals surface area (Å²) in [6, 6.07) is 6.72. The van der Waals surface area contributed by atoms with Gasteiger partial charge in [-0.25, -0.2) is 14.8 Å². The Morgan fingerprint density at radius 1 is 1.19 bits per heavy atom. The molecule has 0 saturated carbocycles. The minimum atomic E-state index is -1.05. The van der Waals surface area contributed by atoms with Gasteiger partial charge in [0.15, 0.2) is 0 Å². The van der Waals surface area contributed by atoms with Crippen LogP contribution in [0.25, 0.3) is 11.3 Å². The molecule has 0 unspecified atom stereocenters. The number of aromatic carboxylic acids is 1. The molecule has 0 saturated heterocycles. The summed E-state index contributed by atoms with van der Waals surface area (Å²) in [4.78, 5) is 30.5. The van der Waals surface area contributed by atoms with Crippen molar-refractivity contribution in [2.45, 2.75) is 13.5 Å². The van der Waals surface area contributed by atoms with E-state index in [1.165, 1.54) is 0 Å². The van der Waals surface area contributed by atoms with E-state index < -0.39 is 5.97 Å². The fourth-order valence-electron chi connectivity index (χ4n) is 2.56. The predicted octanol–water partition coefficient (Wildman–Crippen LogP) is 2.67. The van der Waals surface area contributed by atoms with Gasteiger partial charge in [0.2, 0.25) is 5.95 Å². The number of hydrogen-bond acceptors (Lipinski definition) is 7. The van der Waals surface area contributed by atoms with Crippen molar-refractivity contribution in [1.29, 1.82) is 0 Å². The van der Waals surface area contributed by atoms with Gasteiger partial charge in [0.25, 0.3) is 0 Å². The molecule has 0 aliphatic carbocycles. The molecule has 0 atom stereocenters.